The number of aromatic nitrogens is 4. The molecule has 0 saturated carbocycles. The van der Waals surface area contributed by atoms with Crippen LogP contribution >= 0.6 is 0 Å². The van der Waals surface area contributed by atoms with Crippen molar-refractivity contribution in [2.75, 3.05) is 0 Å². The molecule has 0 bridgehead atoms. The topological polar surface area (TPSA) is 35.9 Å². The van der Waals surface area contributed by atoms with Gasteiger partial charge in [-0.3, -0.25) is 13.7 Å². The molecule has 3 aromatic heterocycles. The van der Waals surface area contributed by atoms with Crippen molar-refractivity contribution in [2.45, 2.75) is 20.3 Å². The molecule has 12 aromatic rings. The van der Waals surface area contributed by atoms with Gasteiger partial charge >= 0.3 is 0 Å². The van der Waals surface area contributed by atoms with Crippen LogP contribution in [0.3, 0.4) is 0 Å². The van der Waals surface area contributed by atoms with E-state index in [9.17, 15) is 0 Å². The molecule has 0 aliphatic rings. The van der Waals surface area contributed by atoms with Crippen molar-refractivity contribution in [1.29, 1.82) is 0 Å². The highest BCUT2D eigenvalue weighted by Crippen LogP contribution is 2.39. The number of fused-ring (bicyclic) bond motifs is 4. The largest absolute Gasteiger partial charge is 0.458 e. The van der Waals surface area contributed by atoms with Crippen LogP contribution < -0.4 is 9.30 Å². The van der Waals surface area contributed by atoms with Gasteiger partial charge in [0.2, 0.25) is 0 Å². The first kappa shape index (κ1) is 32.0. The second kappa shape index (κ2) is 17.8. The Hall–Kier alpha value is -8.80. The van der Waals surface area contributed by atoms with Gasteiger partial charge in [-0.2, -0.15) is 0 Å². The third-order valence-electron chi connectivity index (χ3n) is 12.4. The van der Waals surface area contributed by atoms with Crippen LogP contribution in [0.2, 0.25) is 0 Å². The van der Waals surface area contributed by atoms with Crippen molar-refractivity contribution in [2.24, 2.45) is 5.92 Å². The Morgan fingerprint density at radius 2 is 1.20 bits per heavy atom. The highest BCUT2D eigenvalue weighted by molar-refractivity contribution is 6.10. The minimum Gasteiger partial charge on any atom is -0.458 e. The molecule has 0 saturated heterocycles. The molecule has 3 heterocycles. The maximum Gasteiger partial charge on any atom is 0.269 e. The molecule has 0 aliphatic carbocycles. The molecule has 0 amide bonds. The molecule has 5 nitrogen and oxygen atoms in total. The average molecular weight is 899 g/mol. The molecule has 0 N–H and O–H groups in total. The van der Waals surface area contributed by atoms with Crippen LogP contribution in [0, 0.1) is 12.2 Å². The highest BCUT2D eigenvalue weighted by Gasteiger charge is 2.21. The minimum atomic E-state index is -0.568. The molecule has 12 rings (SSSR count). The summed E-state index contributed by atoms with van der Waals surface area (Å²) in [6.07, 6.45) is 6.31. The number of hydrogen-bond acceptors (Lipinski definition) is 2. The Bertz CT molecular complexity index is 4280. The molecule has 69 heavy (non-hydrogen) atoms. The fraction of sp³-hybridized carbons (Fsp3) is 0.0625. The summed E-state index contributed by atoms with van der Waals surface area (Å²) in [5, 5.41) is 2.09. The van der Waals surface area contributed by atoms with E-state index in [0.29, 0.717) is 34.1 Å². The van der Waals surface area contributed by atoms with E-state index in [1.165, 1.54) is 5.56 Å². The standard InChI is InChI=1S/C64H48N4O/c1-44(2)37-50-39-63(65-42-58(50)48-25-13-6-14-26-48)68-59-36-33-49(45-19-7-3-8-20-45)38-57(59)56-35-34-53(41-62(56)68)69-52-28-17-27-51(40-52)66-43-67(61-32-16-15-31-60(61)66)64-54(46-21-9-4-10-22-46)29-18-30-55(64)47-23-11-5-12-24-47/h3-36,38-42,44H,37H2,1-2H3/i4D,5D,9D,10D,11D,12D,21D,22D,23D,24D. The normalized spacial score (nSPS) is 13.6. The number of benzene rings is 9. The van der Waals surface area contributed by atoms with Crippen LogP contribution in [0.4, 0.5) is 0 Å². The van der Waals surface area contributed by atoms with Crippen LogP contribution in [0.1, 0.15) is 33.1 Å². The van der Waals surface area contributed by atoms with Crippen LogP contribution in [0.25, 0.3) is 94.5 Å². The van der Waals surface area contributed by atoms with E-state index in [1.807, 2.05) is 91.1 Å². The number of hydrogen-bond donors (Lipinski definition) is 0. The van der Waals surface area contributed by atoms with E-state index < -0.39 is 60.4 Å². The van der Waals surface area contributed by atoms with Crippen molar-refractivity contribution in [1.82, 2.24) is 14.1 Å². The molecular weight excluding hydrogens is 841 g/mol. The van der Waals surface area contributed by atoms with Gasteiger partial charge in [0.15, 0.2) is 0 Å². The van der Waals surface area contributed by atoms with Crippen LogP contribution in [-0.2, 0) is 6.42 Å². The molecule has 0 spiro atoms. The Balaban J connectivity index is 1.01. The number of imidazole rings is 1. The summed E-state index contributed by atoms with van der Waals surface area (Å²) in [7, 11) is 0. The maximum atomic E-state index is 9.07. The Labute approximate surface area is 416 Å². The van der Waals surface area contributed by atoms with Crippen molar-refractivity contribution in [3.63, 3.8) is 0 Å². The Morgan fingerprint density at radius 3 is 1.93 bits per heavy atom. The SMILES string of the molecule is [2H]c1c([2H])c([2H])c(-c2cccc(-c3c([2H])c([2H])c([2H])c([2H])c3[2H])c2-[n+]2[c-]n(-c3cccc(Oc4ccc5c6cc(-c7ccccc7)ccc6n(-c6cc(CC(C)C)c(-c7ccccc7)cn6)c5c4)c3)c3ccccc32)c([2H])c1[2H]. The quantitative estimate of drug-likeness (QED) is 0.0958. The lowest BCUT2D eigenvalue weighted by molar-refractivity contribution is -0.571. The zero-order chi connectivity index (χ0) is 55.0. The zero-order valence-electron chi connectivity index (χ0n) is 47.7. The third-order valence-corrected chi connectivity index (χ3v) is 12.4. The predicted octanol–water partition coefficient (Wildman–Crippen LogP) is 15.9. The summed E-state index contributed by atoms with van der Waals surface area (Å²) >= 11 is 0. The summed E-state index contributed by atoms with van der Waals surface area (Å²) in [5.41, 5.74) is 9.57. The maximum absolute atomic E-state index is 9.07. The lowest BCUT2D eigenvalue weighted by Crippen LogP contribution is -2.31. The summed E-state index contributed by atoms with van der Waals surface area (Å²) in [6, 6.07) is 50.0. The molecule has 0 fully saturated rings. The molecule has 0 aliphatic heterocycles. The third kappa shape index (κ3) is 7.84. The van der Waals surface area contributed by atoms with Gasteiger partial charge < -0.3 is 4.74 Å². The van der Waals surface area contributed by atoms with Crippen LogP contribution in [0.15, 0.2) is 236 Å². The summed E-state index contributed by atoms with van der Waals surface area (Å²) < 4.78 is 99.9. The molecule has 330 valence electrons. The second-order valence-corrected chi connectivity index (χ2v) is 17.3. The number of para-hydroxylation sites is 3. The number of ether oxygens (including phenoxy) is 1. The van der Waals surface area contributed by atoms with Crippen molar-refractivity contribution >= 4 is 32.8 Å². The zero-order valence-corrected chi connectivity index (χ0v) is 37.7. The van der Waals surface area contributed by atoms with E-state index in [2.05, 4.69) is 91.5 Å². The average Bonchev–Trinajstić information content (AvgIpc) is 4.13. The van der Waals surface area contributed by atoms with E-state index >= 15 is 0 Å². The first-order valence-electron chi connectivity index (χ1n) is 27.9. The Morgan fingerprint density at radius 1 is 0.536 bits per heavy atom. The number of pyridine rings is 1. The monoisotopic (exact) mass is 898 g/mol. The molecular formula is C64H48N4O. The second-order valence-electron chi connectivity index (χ2n) is 17.3. The molecule has 0 radical (unpaired) electrons. The summed E-state index contributed by atoms with van der Waals surface area (Å²) in [5.74, 6) is 2.27. The van der Waals surface area contributed by atoms with Gasteiger partial charge in [0.25, 0.3) is 6.33 Å². The van der Waals surface area contributed by atoms with Gasteiger partial charge in [0.05, 0.1) is 47.1 Å². The van der Waals surface area contributed by atoms with Gasteiger partial charge in [-0.15, -0.1) is 0 Å². The summed E-state index contributed by atoms with van der Waals surface area (Å²) in [6.45, 7) is 4.45. The van der Waals surface area contributed by atoms with Crippen molar-refractivity contribution in [3.05, 3.63) is 248 Å². The summed E-state index contributed by atoms with van der Waals surface area (Å²) in [4.78, 5) is 5.17. The van der Waals surface area contributed by atoms with Crippen molar-refractivity contribution < 1.29 is 23.0 Å². The number of rotatable bonds is 11. The van der Waals surface area contributed by atoms with Gasteiger partial charge in [0, 0.05) is 28.6 Å². The van der Waals surface area contributed by atoms with Gasteiger partial charge in [-0.25, -0.2) is 4.98 Å². The van der Waals surface area contributed by atoms with E-state index in [-0.39, 0.29) is 27.9 Å². The van der Waals surface area contributed by atoms with Crippen LogP contribution in [0.5, 0.6) is 11.5 Å². The molecule has 0 unspecified atom stereocenters. The Kier molecular flexibility index (Phi) is 8.25. The fourth-order valence-corrected chi connectivity index (χ4v) is 9.41. The predicted molar refractivity (Wildman–Crippen MR) is 283 cm³/mol. The lowest BCUT2D eigenvalue weighted by atomic mass is 9.95. The molecule has 0 atom stereocenters. The molecule has 9 aromatic carbocycles. The first-order valence-corrected chi connectivity index (χ1v) is 22.9. The van der Waals surface area contributed by atoms with E-state index in [1.54, 1.807) is 27.3 Å². The van der Waals surface area contributed by atoms with Crippen molar-refractivity contribution in [3.8, 4) is 73.2 Å². The minimum absolute atomic E-state index is 0.132. The van der Waals surface area contributed by atoms with E-state index in [0.717, 1.165) is 56.3 Å². The van der Waals surface area contributed by atoms with Gasteiger partial charge in [-0.05, 0) is 105 Å². The van der Waals surface area contributed by atoms with Crippen LogP contribution in [-0.4, -0.2) is 14.1 Å². The fourth-order valence-electron chi connectivity index (χ4n) is 9.41. The lowest BCUT2D eigenvalue weighted by Gasteiger charge is -2.17. The smallest absolute Gasteiger partial charge is 0.269 e. The van der Waals surface area contributed by atoms with Gasteiger partial charge in [0.1, 0.15) is 17.3 Å². The van der Waals surface area contributed by atoms with Gasteiger partial charge in [-0.1, -0.05) is 190 Å². The first-order chi connectivity index (χ1) is 38.2. The highest BCUT2D eigenvalue weighted by atomic mass is 16.5. The van der Waals surface area contributed by atoms with E-state index in [4.69, 9.17) is 23.4 Å². The number of nitrogens with zero attached hydrogens (tertiary/aromatic N) is 4. The molecule has 5 heteroatoms.